The largest absolute Gasteiger partial charge is 0.116 e. The Bertz CT molecular complexity index is 385. The summed E-state index contributed by atoms with van der Waals surface area (Å²) in [6.07, 6.45) is 16.4. The number of hydrogen-bond donors (Lipinski definition) is 0. The highest BCUT2D eigenvalue weighted by Gasteiger charge is 2.02. The summed E-state index contributed by atoms with van der Waals surface area (Å²) in [6.45, 7) is 1.26. The van der Waals surface area contributed by atoms with Crippen molar-refractivity contribution in [3.8, 4) is 0 Å². The summed E-state index contributed by atoms with van der Waals surface area (Å²) in [5.41, 5.74) is 1.32. The first-order valence-corrected chi connectivity index (χ1v) is 11.2. The van der Waals surface area contributed by atoms with Crippen LogP contribution in [0.1, 0.15) is 63.9 Å². The normalized spacial score (nSPS) is 11.6. The van der Waals surface area contributed by atoms with Gasteiger partial charge in [0.25, 0.3) is 0 Å². The molecule has 0 nitrogen and oxygen atoms in total. The first kappa shape index (κ1) is 19.0. The Balaban J connectivity index is 2.06. The standard InChI is InChI=1S/C18H27Cl2P/c1-2-3-4-5-6-7-8-9-10-11-12-17-13-15-18(16-14-17)21(19)20/h10-11,13-16H,2-9,12H2,1H3/b11-10+. The average Bonchev–Trinajstić information content (AvgIpc) is 2.49. The zero-order chi connectivity index (χ0) is 15.3. The number of halogens is 2. The van der Waals surface area contributed by atoms with Gasteiger partial charge in [-0.05, 0) is 24.8 Å². The third-order valence-corrected chi connectivity index (χ3v) is 5.49. The van der Waals surface area contributed by atoms with Crippen LogP contribution >= 0.6 is 29.1 Å². The number of rotatable bonds is 11. The summed E-state index contributed by atoms with van der Waals surface area (Å²) in [7, 11) is 0. The second-order valence-electron chi connectivity index (χ2n) is 5.48. The smallest absolute Gasteiger partial charge is 0.0882 e. The summed E-state index contributed by atoms with van der Waals surface area (Å²) in [6, 6.07) is 8.30. The number of unbranched alkanes of at least 4 members (excludes halogenated alkanes) is 7. The highest BCUT2D eigenvalue weighted by atomic mass is 35.9. The number of benzene rings is 1. The molecule has 0 spiro atoms. The molecule has 0 radical (unpaired) electrons. The van der Waals surface area contributed by atoms with Gasteiger partial charge in [0.1, 0.15) is 6.63 Å². The van der Waals surface area contributed by atoms with Crippen molar-refractivity contribution in [2.45, 2.75) is 64.7 Å². The fraction of sp³-hybridized carbons (Fsp3) is 0.556. The third kappa shape index (κ3) is 9.56. The SMILES string of the molecule is CCCCCCCCC/C=C/Cc1ccc(P(Cl)Cl)cc1. The molecule has 0 saturated carbocycles. The minimum Gasteiger partial charge on any atom is -0.0882 e. The zero-order valence-corrected chi connectivity index (χ0v) is 15.4. The van der Waals surface area contributed by atoms with Crippen LogP contribution in [0, 0.1) is 0 Å². The predicted molar refractivity (Wildman–Crippen MR) is 100 cm³/mol. The van der Waals surface area contributed by atoms with Crippen molar-refractivity contribution in [3.05, 3.63) is 42.0 Å². The topological polar surface area (TPSA) is 0 Å². The fourth-order valence-electron chi connectivity index (χ4n) is 2.30. The van der Waals surface area contributed by atoms with Gasteiger partial charge in [0.05, 0.1) is 0 Å². The van der Waals surface area contributed by atoms with E-state index in [-0.39, 0.29) is 0 Å². The first-order chi connectivity index (χ1) is 10.2. The van der Waals surface area contributed by atoms with Gasteiger partial charge in [-0.2, -0.15) is 0 Å². The Labute approximate surface area is 141 Å². The average molecular weight is 345 g/mol. The molecule has 1 aromatic carbocycles. The van der Waals surface area contributed by atoms with Crippen molar-refractivity contribution in [1.82, 2.24) is 0 Å². The monoisotopic (exact) mass is 344 g/mol. The predicted octanol–water partition coefficient (Wildman–Crippen LogP) is 7.34. The van der Waals surface area contributed by atoms with Crippen LogP contribution in [0.5, 0.6) is 0 Å². The van der Waals surface area contributed by atoms with E-state index in [0.29, 0.717) is 0 Å². The molecule has 0 heterocycles. The van der Waals surface area contributed by atoms with Crippen LogP contribution in [-0.2, 0) is 6.42 Å². The van der Waals surface area contributed by atoms with E-state index < -0.39 is 6.63 Å². The van der Waals surface area contributed by atoms with E-state index in [0.717, 1.165) is 11.7 Å². The van der Waals surface area contributed by atoms with Gasteiger partial charge >= 0.3 is 0 Å². The molecule has 0 bridgehead atoms. The Morgan fingerprint density at radius 3 is 2.10 bits per heavy atom. The summed E-state index contributed by atoms with van der Waals surface area (Å²) in [4.78, 5) is 0. The van der Waals surface area contributed by atoms with Gasteiger partial charge in [-0.1, -0.05) is 104 Å². The lowest BCUT2D eigenvalue weighted by molar-refractivity contribution is 0.592. The first-order valence-electron chi connectivity index (χ1n) is 8.09. The molecular formula is C18H27Cl2P. The molecule has 0 saturated heterocycles. The van der Waals surface area contributed by atoms with Crippen molar-refractivity contribution in [2.75, 3.05) is 0 Å². The van der Waals surface area contributed by atoms with Crippen LogP contribution in [0.3, 0.4) is 0 Å². The molecule has 0 aliphatic carbocycles. The Kier molecular flexibility index (Phi) is 11.3. The minimum atomic E-state index is -1.01. The maximum atomic E-state index is 5.89. The summed E-state index contributed by atoms with van der Waals surface area (Å²) in [5, 5.41) is 1.03. The number of hydrogen-bond acceptors (Lipinski definition) is 0. The molecule has 3 heteroatoms. The van der Waals surface area contributed by atoms with Crippen LogP contribution < -0.4 is 5.30 Å². The highest BCUT2D eigenvalue weighted by Crippen LogP contribution is 2.45. The lowest BCUT2D eigenvalue weighted by atomic mass is 10.1. The summed E-state index contributed by atoms with van der Waals surface area (Å²) in [5.74, 6) is 0. The second-order valence-corrected chi connectivity index (χ2v) is 9.01. The van der Waals surface area contributed by atoms with Gasteiger partial charge in [-0.3, -0.25) is 0 Å². The minimum absolute atomic E-state index is 0.999. The molecule has 0 aliphatic heterocycles. The molecule has 0 N–H and O–H groups in total. The molecule has 0 fully saturated rings. The van der Waals surface area contributed by atoms with E-state index in [9.17, 15) is 0 Å². The van der Waals surface area contributed by atoms with E-state index in [1.807, 2.05) is 12.1 Å². The maximum absolute atomic E-state index is 5.89. The molecule has 0 aromatic heterocycles. The van der Waals surface area contributed by atoms with Gasteiger partial charge in [-0.25, -0.2) is 0 Å². The molecule has 0 atom stereocenters. The van der Waals surface area contributed by atoms with Crippen LogP contribution in [0.15, 0.2) is 36.4 Å². The Morgan fingerprint density at radius 2 is 1.48 bits per heavy atom. The third-order valence-electron chi connectivity index (χ3n) is 3.63. The van der Waals surface area contributed by atoms with Crippen LogP contribution in [0.2, 0.25) is 0 Å². The van der Waals surface area contributed by atoms with Gasteiger partial charge in [0.15, 0.2) is 0 Å². The molecule has 0 amide bonds. The van der Waals surface area contributed by atoms with E-state index in [1.165, 1.54) is 56.9 Å². The highest BCUT2D eigenvalue weighted by molar-refractivity contribution is 8.08. The summed E-state index contributed by atoms with van der Waals surface area (Å²) < 4.78 is 0. The van der Waals surface area contributed by atoms with Crippen molar-refractivity contribution in [1.29, 1.82) is 0 Å². The van der Waals surface area contributed by atoms with E-state index in [2.05, 4.69) is 31.2 Å². The molecule has 21 heavy (non-hydrogen) atoms. The van der Waals surface area contributed by atoms with Gasteiger partial charge in [-0.15, -0.1) is 0 Å². The lowest BCUT2D eigenvalue weighted by Gasteiger charge is -2.02. The van der Waals surface area contributed by atoms with Crippen molar-refractivity contribution < 1.29 is 0 Å². The van der Waals surface area contributed by atoms with E-state index in [4.69, 9.17) is 22.5 Å². The molecule has 0 unspecified atom stereocenters. The Hall–Kier alpha value is -0.0300. The van der Waals surface area contributed by atoms with Gasteiger partial charge in [0.2, 0.25) is 0 Å². The van der Waals surface area contributed by atoms with E-state index >= 15 is 0 Å². The second kappa shape index (κ2) is 12.5. The summed E-state index contributed by atoms with van der Waals surface area (Å²) >= 11 is 11.8. The van der Waals surface area contributed by atoms with Crippen LogP contribution in [0.25, 0.3) is 0 Å². The van der Waals surface area contributed by atoms with Crippen molar-refractivity contribution in [3.63, 3.8) is 0 Å². The molecule has 1 aromatic rings. The molecule has 118 valence electrons. The van der Waals surface area contributed by atoms with E-state index in [1.54, 1.807) is 0 Å². The van der Waals surface area contributed by atoms with Crippen LogP contribution in [0.4, 0.5) is 0 Å². The van der Waals surface area contributed by atoms with Gasteiger partial charge in [0, 0.05) is 5.30 Å². The van der Waals surface area contributed by atoms with Gasteiger partial charge < -0.3 is 0 Å². The Morgan fingerprint density at radius 1 is 0.857 bits per heavy atom. The zero-order valence-electron chi connectivity index (χ0n) is 13.0. The number of allylic oxidation sites excluding steroid dienone is 2. The molecule has 1 rings (SSSR count). The fourth-order valence-corrected chi connectivity index (χ4v) is 3.35. The quantitative estimate of drug-likeness (QED) is 0.224. The van der Waals surface area contributed by atoms with Crippen LogP contribution in [-0.4, -0.2) is 0 Å². The van der Waals surface area contributed by atoms with Crippen molar-refractivity contribution in [2.24, 2.45) is 0 Å². The molecular weight excluding hydrogens is 318 g/mol. The maximum Gasteiger partial charge on any atom is 0.116 e. The molecule has 0 aliphatic rings. The lowest BCUT2D eigenvalue weighted by Crippen LogP contribution is -1.94. The van der Waals surface area contributed by atoms with Crippen molar-refractivity contribution >= 4 is 34.4 Å².